The van der Waals surface area contributed by atoms with Crippen molar-refractivity contribution in [3.63, 3.8) is 0 Å². The molecule has 1 aromatic carbocycles. The molecule has 4 nitrogen and oxygen atoms in total. The zero-order valence-electron chi connectivity index (χ0n) is 11.1. The highest BCUT2D eigenvalue weighted by atomic mass is 15.0. The van der Waals surface area contributed by atoms with E-state index in [1.807, 2.05) is 30.3 Å². The predicted molar refractivity (Wildman–Crippen MR) is 78.1 cm³/mol. The first-order valence-electron chi connectivity index (χ1n) is 6.59. The second-order valence-electron chi connectivity index (χ2n) is 4.36. The summed E-state index contributed by atoms with van der Waals surface area (Å²) in [4.78, 5) is 4.51. The molecule has 0 spiro atoms. The minimum atomic E-state index is 0.662. The van der Waals surface area contributed by atoms with Gasteiger partial charge in [-0.25, -0.2) is 4.98 Å². The number of nitriles is 1. The van der Waals surface area contributed by atoms with E-state index < -0.39 is 0 Å². The van der Waals surface area contributed by atoms with E-state index in [9.17, 15) is 5.26 Å². The van der Waals surface area contributed by atoms with Crippen LogP contribution in [0.5, 0.6) is 0 Å². The van der Waals surface area contributed by atoms with E-state index in [0.717, 1.165) is 42.8 Å². The molecule has 0 unspecified atom stereocenters. The van der Waals surface area contributed by atoms with E-state index in [4.69, 9.17) is 0 Å². The van der Waals surface area contributed by atoms with Crippen LogP contribution in [0.3, 0.4) is 0 Å². The second kappa shape index (κ2) is 6.72. The summed E-state index contributed by atoms with van der Waals surface area (Å²) in [5.74, 6) is 0.758. The van der Waals surface area contributed by atoms with Crippen LogP contribution in [0, 0.1) is 11.3 Å². The molecule has 2 N–H and O–H groups in total. The van der Waals surface area contributed by atoms with Gasteiger partial charge in [0.05, 0.1) is 17.1 Å². The predicted octanol–water partition coefficient (Wildman–Crippen LogP) is 2.52. The van der Waals surface area contributed by atoms with Crippen LogP contribution in [0.4, 0.5) is 5.82 Å². The van der Waals surface area contributed by atoms with Gasteiger partial charge in [-0.1, -0.05) is 25.1 Å². The van der Waals surface area contributed by atoms with E-state index in [0.29, 0.717) is 5.56 Å². The zero-order valence-corrected chi connectivity index (χ0v) is 11.1. The molecule has 1 heterocycles. The zero-order chi connectivity index (χ0) is 13.5. The molecule has 0 fully saturated rings. The number of hydrogen-bond acceptors (Lipinski definition) is 4. The van der Waals surface area contributed by atoms with Gasteiger partial charge in [0.25, 0.3) is 0 Å². The number of hydrogen-bond donors (Lipinski definition) is 2. The van der Waals surface area contributed by atoms with E-state index in [1.165, 1.54) is 0 Å². The van der Waals surface area contributed by atoms with Crippen molar-refractivity contribution in [1.29, 1.82) is 5.26 Å². The first-order chi connectivity index (χ1) is 9.35. The van der Waals surface area contributed by atoms with E-state index in [-0.39, 0.29) is 0 Å². The minimum Gasteiger partial charge on any atom is -0.369 e. The van der Waals surface area contributed by atoms with Gasteiger partial charge in [-0.05, 0) is 25.1 Å². The first-order valence-corrected chi connectivity index (χ1v) is 6.59. The first kappa shape index (κ1) is 13.3. The monoisotopic (exact) mass is 254 g/mol. The van der Waals surface area contributed by atoms with Crippen molar-refractivity contribution in [3.8, 4) is 6.07 Å². The molecule has 0 saturated carbocycles. The molecule has 4 heteroatoms. The molecular weight excluding hydrogens is 236 g/mol. The molecule has 0 amide bonds. The van der Waals surface area contributed by atoms with Gasteiger partial charge < -0.3 is 10.6 Å². The molecule has 98 valence electrons. The standard InChI is InChI=1S/C15H18N4/c1-2-7-17-8-9-18-15-10-12(11-16)13-5-3-4-6-14(13)19-15/h3-6,10,17H,2,7-9H2,1H3,(H,18,19). The highest BCUT2D eigenvalue weighted by Crippen LogP contribution is 2.19. The Balaban J connectivity index is 2.10. The molecule has 1 aromatic heterocycles. The van der Waals surface area contributed by atoms with Gasteiger partial charge in [0.15, 0.2) is 0 Å². The van der Waals surface area contributed by atoms with Crippen molar-refractivity contribution >= 4 is 16.7 Å². The molecule has 0 aliphatic carbocycles. The fraction of sp³-hybridized carbons (Fsp3) is 0.333. The fourth-order valence-corrected chi connectivity index (χ4v) is 1.94. The lowest BCUT2D eigenvalue weighted by molar-refractivity contribution is 0.687. The van der Waals surface area contributed by atoms with E-state index in [1.54, 1.807) is 0 Å². The molecule has 0 atom stereocenters. The summed E-state index contributed by atoms with van der Waals surface area (Å²) in [6.07, 6.45) is 1.13. The number of fused-ring (bicyclic) bond motifs is 1. The van der Waals surface area contributed by atoms with Gasteiger partial charge in [-0.3, -0.25) is 0 Å². The van der Waals surface area contributed by atoms with Gasteiger partial charge in [-0.15, -0.1) is 0 Å². The topological polar surface area (TPSA) is 60.7 Å². The van der Waals surface area contributed by atoms with Crippen LogP contribution in [0.25, 0.3) is 10.9 Å². The third kappa shape index (κ3) is 3.43. The van der Waals surface area contributed by atoms with Gasteiger partial charge in [0.1, 0.15) is 5.82 Å². The van der Waals surface area contributed by atoms with Crippen LogP contribution in [0.2, 0.25) is 0 Å². The summed E-state index contributed by atoms with van der Waals surface area (Å²) < 4.78 is 0. The van der Waals surface area contributed by atoms with Crippen LogP contribution >= 0.6 is 0 Å². The highest BCUT2D eigenvalue weighted by molar-refractivity contribution is 5.86. The maximum absolute atomic E-state index is 9.18. The summed E-state index contributed by atoms with van der Waals surface area (Å²) >= 11 is 0. The van der Waals surface area contributed by atoms with Crippen LogP contribution < -0.4 is 10.6 Å². The summed E-state index contributed by atoms with van der Waals surface area (Å²) in [5.41, 5.74) is 1.51. The fourth-order valence-electron chi connectivity index (χ4n) is 1.94. The van der Waals surface area contributed by atoms with Gasteiger partial charge in [-0.2, -0.15) is 5.26 Å². The number of para-hydroxylation sites is 1. The number of nitrogens with one attached hydrogen (secondary N) is 2. The number of nitrogens with zero attached hydrogens (tertiary/aromatic N) is 2. The minimum absolute atomic E-state index is 0.662. The number of aromatic nitrogens is 1. The lowest BCUT2D eigenvalue weighted by atomic mass is 10.1. The summed E-state index contributed by atoms with van der Waals surface area (Å²) in [5, 5.41) is 16.6. The van der Waals surface area contributed by atoms with Crippen LogP contribution in [0.15, 0.2) is 30.3 Å². The Bertz CT molecular complexity index is 586. The average molecular weight is 254 g/mol. The van der Waals surface area contributed by atoms with Crippen molar-refractivity contribution in [2.45, 2.75) is 13.3 Å². The number of rotatable bonds is 6. The molecule has 2 rings (SSSR count). The van der Waals surface area contributed by atoms with Gasteiger partial charge in [0, 0.05) is 18.5 Å². The largest absolute Gasteiger partial charge is 0.369 e. The summed E-state index contributed by atoms with van der Waals surface area (Å²) in [6.45, 7) is 4.86. The van der Waals surface area contributed by atoms with Crippen molar-refractivity contribution in [1.82, 2.24) is 10.3 Å². The molecule has 19 heavy (non-hydrogen) atoms. The highest BCUT2D eigenvalue weighted by Gasteiger charge is 2.04. The normalized spacial score (nSPS) is 10.3. The third-order valence-electron chi connectivity index (χ3n) is 2.87. The maximum atomic E-state index is 9.18. The van der Waals surface area contributed by atoms with E-state index >= 15 is 0 Å². The molecular formula is C15H18N4. The van der Waals surface area contributed by atoms with Crippen molar-refractivity contribution in [2.24, 2.45) is 0 Å². The van der Waals surface area contributed by atoms with Crippen molar-refractivity contribution < 1.29 is 0 Å². The molecule has 0 radical (unpaired) electrons. The number of pyridine rings is 1. The average Bonchev–Trinajstić information content (AvgIpc) is 2.46. The Morgan fingerprint density at radius 3 is 2.84 bits per heavy atom. The summed E-state index contributed by atoms with van der Waals surface area (Å²) in [7, 11) is 0. The lowest BCUT2D eigenvalue weighted by Crippen LogP contribution is -2.23. The number of benzene rings is 1. The number of anilines is 1. The molecule has 0 bridgehead atoms. The quantitative estimate of drug-likeness (QED) is 0.778. The Kier molecular flexibility index (Phi) is 4.71. The Morgan fingerprint density at radius 2 is 2.05 bits per heavy atom. The van der Waals surface area contributed by atoms with Crippen LogP contribution in [-0.4, -0.2) is 24.6 Å². The lowest BCUT2D eigenvalue weighted by Gasteiger charge is -2.08. The third-order valence-corrected chi connectivity index (χ3v) is 2.87. The molecule has 2 aromatic rings. The van der Waals surface area contributed by atoms with E-state index in [2.05, 4.69) is 28.6 Å². The van der Waals surface area contributed by atoms with Crippen LogP contribution in [-0.2, 0) is 0 Å². The van der Waals surface area contributed by atoms with Gasteiger partial charge >= 0.3 is 0 Å². The second-order valence-corrected chi connectivity index (χ2v) is 4.36. The SMILES string of the molecule is CCCNCCNc1cc(C#N)c2ccccc2n1. The Labute approximate surface area is 113 Å². The van der Waals surface area contributed by atoms with Crippen molar-refractivity contribution in [2.75, 3.05) is 25.0 Å². The molecule has 0 aliphatic heterocycles. The van der Waals surface area contributed by atoms with Crippen LogP contribution in [0.1, 0.15) is 18.9 Å². The van der Waals surface area contributed by atoms with Gasteiger partial charge in [0.2, 0.25) is 0 Å². The molecule has 0 aliphatic rings. The molecule has 0 saturated heterocycles. The summed E-state index contributed by atoms with van der Waals surface area (Å²) in [6, 6.07) is 11.7. The van der Waals surface area contributed by atoms with Crippen molar-refractivity contribution in [3.05, 3.63) is 35.9 Å². The smallest absolute Gasteiger partial charge is 0.128 e. The Hall–Kier alpha value is -2.12. The Morgan fingerprint density at radius 1 is 1.21 bits per heavy atom. The maximum Gasteiger partial charge on any atom is 0.128 e.